The summed E-state index contributed by atoms with van der Waals surface area (Å²) in [7, 11) is 6.35. The van der Waals surface area contributed by atoms with Gasteiger partial charge >= 0.3 is 0 Å². The summed E-state index contributed by atoms with van der Waals surface area (Å²) in [5.74, 6) is -0.359. The van der Waals surface area contributed by atoms with Crippen molar-refractivity contribution in [3.8, 4) is 6.07 Å². The zero-order valence-electron chi connectivity index (χ0n) is 16.3. The molecule has 0 rings (SSSR count). The zero-order chi connectivity index (χ0) is 19.1. The fourth-order valence-corrected chi connectivity index (χ4v) is 2.98. The minimum Gasteiger partial charge on any atom is -0.351 e. The van der Waals surface area contributed by atoms with Crippen molar-refractivity contribution in [1.29, 1.82) is 5.26 Å². The highest BCUT2D eigenvalue weighted by Crippen LogP contribution is 2.23. The quantitative estimate of drug-likeness (QED) is 0.321. The Morgan fingerprint density at radius 1 is 1.29 bits per heavy atom. The molecule has 0 saturated carbocycles. The van der Waals surface area contributed by atoms with Crippen LogP contribution in [0.4, 0.5) is 0 Å². The number of nitrogens with zero attached hydrogens (tertiary/aromatic N) is 2. The lowest BCUT2D eigenvalue weighted by Gasteiger charge is -2.34. The van der Waals surface area contributed by atoms with Gasteiger partial charge in [-0.25, -0.2) is 0 Å². The SMILES string of the molecule is C=C/C=C(C)/C(C(=C)C)=C(/C#N)C(=O)NCC(C)(C)C[N+](C)(C)C. The molecule has 4 heteroatoms. The molecule has 0 atom stereocenters. The maximum absolute atomic E-state index is 12.6. The molecule has 0 saturated heterocycles. The summed E-state index contributed by atoms with van der Waals surface area (Å²) in [6.07, 6.45) is 3.41. The molecule has 0 aliphatic carbocycles. The highest BCUT2D eigenvalue weighted by molar-refractivity contribution is 5.99. The van der Waals surface area contributed by atoms with E-state index in [9.17, 15) is 10.1 Å². The molecule has 24 heavy (non-hydrogen) atoms. The van der Waals surface area contributed by atoms with E-state index >= 15 is 0 Å². The lowest BCUT2D eigenvalue weighted by molar-refractivity contribution is -0.876. The molecular weight excluding hydrogens is 298 g/mol. The third kappa shape index (κ3) is 7.43. The molecular formula is C20H32N3O+. The second kappa shape index (κ2) is 8.65. The number of rotatable bonds is 8. The van der Waals surface area contributed by atoms with Gasteiger partial charge < -0.3 is 9.80 Å². The van der Waals surface area contributed by atoms with Crippen LogP contribution in [-0.2, 0) is 4.79 Å². The summed E-state index contributed by atoms with van der Waals surface area (Å²) in [5.41, 5.74) is 2.08. The van der Waals surface area contributed by atoms with Crippen LogP contribution in [0.3, 0.4) is 0 Å². The Labute approximate surface area is 147 Å². The Bertz CT molecular complexity index is 608. The largest absolute Gasteiger partial charge is 0.351 e. The van der Waals surface area contributed by atoms with Gasteiger partial charge in [0.2, 0.25) is 0 Å². The number of allylic oxidation sites excluding steroid dienone is 5. The lowest BCUT2D eigenvalue weighted by Crippen LogP contribution is -2.47. The van der Waals surface area contributed by atoms with Crippen LogP contribution in [0.2, 0.25) is 0 Å². The fraction of sp³-hybridized carbons (Fsp3) is 0.500. The third-order valence-corrected chi connectivity index (χ3v) is 3.41. The number of nitrogens with one attached hydrogen (secondary N) is 1. The molecule has 132 valence electrons. The van der Waals surface area contributed by atoms with E-state index in [4.69, 9.17) is 0 Å². The molecule has 0 aromatic heterocycles. The van der Waals surface area contributed by atoms with E-state index in [1.54, 1.807) is 19.1 Å². The molecule has 0 spiro atoms. The molecule has 4 nitrogen and oxygen atoms in total. The topological polar surface area (TPSA) is 52.9 Å². The normalized spacial score (nSPS) is 13.7. The molecule has 0 aliphatic heterocycles. The first kappa shape index (κ1) is 21.9. The minimum absolute atomic E-state index is 0.0795. The summed E-state index contributed by atoms with van der Waals surface area (Å²) < 4.78 is 0.808. The van der Waals surface area contributed by atoms with E-state index in [0.29, 0.717) is 17.7 Å². The molecule has 1 amide bonds. The summed E-state index contributed by atoms with van der Waals surface area (Å²) in [4.78, 5) is 12.6. The molecule has 0 aliphatic rings. The number of nitriles is 1. The van der Waals surface area contributed by atoms with Crippen molar-refractivity contribution < 1.29 is 9.28 Å². The van der Waals surface area contributed by atoms with Crippen molar-refractivity contribution in [3.05, 3.63) is 47.6 Å². The van der Waals surface area contributed by atoms with Crippen LogP contribution < -0.4 is 5.32 Å². The molecule has 0 bridgehead atoms. The molecule has 1 N–H and O–H groups in total. The Morgan fingerprint density at radius 2 is 1.83 bits per heavy atom. The number of hydrogen-bond acceptors (Lipinski definition) is 2. The molecule has 0 heterocycles. The summed E-state index contributed by atoms with van der Waals surface area (Å²) in [6, 6.07) is 2.03. The van der Waals surface area contributed by atoms with Gasteiger partial charge in [0.25, 0.3) is 5.91 Å². The molecule has 0 radical (unpaired) electrons. The fourth-order valence-electron chi connectivity index (χ4n) is 2.98. The van der Waals surface area contributed by atoms with Crippen molar-refractivity contribution in [2.75, 3.05) is 34.2 Å². The third-order valence-electron chi connectivity index (χ3n) is 3.41. The van der Waals surface area contributed by atoms with Crippen molar-refractivity contribution in [3.63, 3.8) is 0 Å². The van der Waals surface area contributed by atoms with Crippen molar-refractivity contribution >= 4 is 5.91 Å². The van der Waals surface area contributed by atoms with Gasteiger partial charge in [-0.15, -0.1) is 0 Å². The average molecular weight is 330 g/mol. The van der Waals surface area contributed by atoms with Crippen LogP contribution in [0, 0.1) is 16.7 Å². The van der Waals surface area contributed by atoms with Gasteiger partial charge in [-0.1, -0.05) is 39.2 Å². The highest BCUT2D eigenvalue weighted by atomic mass is 16.1. The summed E-state index contributed by atoms with van der Waals surface area (Å²) >= 11 is 0. The van der Waals surface area contributed by atoms with Crippen molar-refractivity contribution in [2.24, 2.45) is 5.41 Å². The highest BCUT2D eigenvalue weighted by Gasteiger charge is 2.27. The predicted molar refractivity (Wildman–Crippen MR) is 101 cm³/mol. The smallest absolute Gasteiger partial charge is 0.262 e. The maximum Gasteiger partial charge on any atom is 0.262 e. The van der Waals surface area contributed by atoms with E-state index in [1.807, 2.05) is 13.0 Å². The second-order valence-electron chi connectivity index (χ2n) is 8.02. The number of quaternary nitrogens is 1. The van der Waals surface area contributed by atoms with Crippen molar-refractivity contribution in [2.45, 2.75) is 27.7 Å². The van der Waals surface area contributed by atoms with Crippen molar-refractivity contribution in [1.82, 2.24) is 5.32 Å². The lowest BCUT2D eigenvalue weighted by atomic mass is 9.91. The predicted octanol–water partition coefficient (Wildman–Crippen LogP) is 3.36. The standard InChI is InChI=1S/C20H31N3O/c1-10-11-16(4)18(15(2)3)17(12-21)19(24)22-13-20(5,6)14-23(7,8)9/h10-11H,1-2,13-14H2,3-9H3/p+1/b16-11+,18-17-. The van der Waals surface area contributed by atoms with Gasteiger partial charge in [-0.05, 0) is 25.0 Å². The van der Waals surface area contributed by atoms with Crippen LogP contribution in [0.25, 0.3) is 0 Å². The van der Waals surface area contributed by atoms with Crippen LogP contribution in [0.15, 0.2) is 47.6 Å². The summed E-state index contributed by atoms with van der Waals surface area (Å²) in [6.45, 7) is 16.8. The van der Waals surface area contributed by atoms with Gasteiger partial charge in [-0.3, -0.25) is 4.79 Å². The zero-order valence-corrected chi connectivity index (χ0v) is 16.3. The Morgan fingerprint density at radius 3 is 2.21 bits per heavy atom. The van der Waals surface area contributed by atoms with Gasteiger partial charge in [-0.2, -0.15) is 5.26 Å². The van der Waals surface area contributed by atoms with Gasteiger partial charge in [0, 0.05) is 17.5 Å². The van der Waals surface area contributed by atoms with E-state index in [2.05, 4.69) is 53.5 Å². The Hall–Kier alpha value is -2.12. The van der Waals surface area contributed by atoms with E-state index in [-0.39, 0.29) is 16.9 Å². The van der Waals surface area contributed by atoms with E-state index in [0.717, 1.165) is 16.6 Å². The molecule has 0 aromatic rings. The maximum atomic E-state index is 12.6. The van der Waals surface area contributed by atoms with Crippen LogP contribution in [0.5, 0.6) is 0 Å². The van der Waals surface area contributed by atoms with Crippen LogP contribution >= 0.6 is 0 Å². The van der Waals surface area contributed by atoms with Gasteiger partial charge in [0.1, 0.15) is 11.6 Å². The van der Waals surface area contributed by atoms with Gasteiger partial charge in [0.05, 0.1) is 27.7 Å². The minimum atomic E-state index is -0.359. The monoisotopic (exact) mass is 330 g/mol. The Balaban J connectivity index is 5.47. The second-order valence-corrected chi connectivity index (χ2v) is 8.02. The average Bonchev–Trinajstić information content (AvgIpc) is 2.39. The summed E-state index contributed by atoms with van der Waals surface area (Å²) in [5, 5.41) is 12.4. The number of amides is 1. The van der Waals surface area contributed by atoms with Crippen LogP contribution in [0.1, 0.15) is 27.7 Å². The first-order chi connectivity index (χ1) is 10.8. The van der Waals surface area contributed by atoms with E-state index in [1.165, 1.54) is 0 Å². The number of carbonyl (C=O) groups is 1. The molecule has 0 fully saturated rings. The van der Waals surface area contributed by atoms with Crippen LogP contribution in [-0.4, -0.2) is 44.6 Å². The van der Waals surface area contributed by atoms with Gasteiger partial charge in [0.15, 0.2) is 0 Å². The van der Waals surface area contributed by atoms with E-state index < -0.39 is 0 Å². The molecule has 0 aromatic carbocycles. The molecule has 0 unspecified atom stereocenters. The Kier molecular flexibility index (Phi) is 7.89. The first-order valence-electron chi connectivity index (χ1n) is 8.03. The number of carbonyl (C=O) groups excluding carboxylic acids is 1. The number of hydrogen-bond donors (Lipinski definition) is 1. The first-order valence-corrected chi connectivity index (χ1v) is 8.03.